The Kier molecular flexibility index (Phi) is 6.69. The number of likely N-dealkylation sites (N-methyl/N-ethyl adjacent to an activating group) is 1. The second-order valence-electron chi connectivity index (χ2n) is 5.13. The highest BCUT2D eigenvalue weighted by atomic mass is 32.2. The highest BCUT2D eigenvalue weighted by Gasteiger charge is 2.25. The van der Waals surface area contributed by atoms with E-state index in [1.54, 1.807) is 0 Å². The van der Waals surface area contributed by atoms with Gasteiger partial charge in [0.15, 0.2) is 0 Å². The van der Waals surface area contributed by atoms with Crippen molar-refractivity contribution >= 4 is 16.9 Å². The Hall–Kier alpha value is -1.58. The lowest BCUT2D eigenvalue weighted by atomic mass is 10.1. The van der Waals surface area contributed by atoms with Crippen LogP contribution in [0.2, 0.25) is 0 Å². The summed E-state index contributed by atoms with van der Waals surface area (Å²) >= 11 is 1.41. The van der Waals surface area contributed by atoms with Crippen LogP contribution in [0.15, 0.2) is 60.7 Å². The molecule has 0 N–H and O–H groups in total. The molecule has 22 heavy (non-hydrogen) atoms. The van der Waals surface area contributed by atoms with Crippen LogP contribution in [0.3, 0.4) is 0 Å². The number of carbonyl (C=O) groups excluding carboxylic acids is 1. The molecule has 3 heteroatoms. The fourth-order valence-corrected chi connectivity index (χ4v) is 3.47. The maximum absolute atomic E-state index is 12.8. The van der Waals surface area contributed by atoms with Gasteiger partial charge in [0.1, 0.15) is 6.04 Å². The lowest BCUT2D eigenvalue weighted by Gasteiger charge is -2.28. The number of thioether (sulfide) groups is 1. The molecule has 2 rings (SSSR count). The Morgan fingerprint density at radius 1 is 0.955 bits per heavy atom. The van der Waals surface area contributed by atoms with E-state index in [1.807, 2.05) is 48.5 Å². The smallest absolute Gasteiger partial charge is 0.210 e. The van der Waals surface area contributed by atoms with E-state index in [2.05, 4.69) is 30.9 Å². The lowest BCUT2D eigenvalue weighted by Crippen LogP contribution is -2.32. The van der Waals surface area contributed by atoms with Crippen molar-refractivity contribution < 1.29 is 4.79 Å². The van der Waals surface area contributed by atoms with Crippen molar-refractivity contribution in [3.05, 3.63) is 71.8 Å². The maximum Gasteiger partial charge on any atom is 0.210 e. The summed E-state index contributed by atoms with van der Waals surface area (Å²) in [5.41, 5.74) is 2.27. The molecule has 0 aliphatic carbocycles. The van der Waals surface area contributed by atoms with E-state index in [4.69, 9.17) is 0 Å². The molecule has 0 saturated heterocycles. The van der Waals surface area contributed by atoms with Gasteiger partial charge in [-0.1, -0.05) is 86.3 Å². The van der Waals surface area contributed by atoms with Crippen molar-refractivity contribution in [2.24, 2.45) is 0 Å². The fraction of sp³-hybridized carbons (Fsp3) is 0.316. The largest absolute Gasteiger partial charge is 0.290 e. The SMILES string of the molecule is CCN(CC)C(C(=O)SCc1ccccc1)c1ccccc1. The van der Waals surface area contributed by atoms with Crippen LogP contribution in [-0.2, 0) is 10.5 Å². The second-order valence-corrected chi connectivity index (χ2v) is 6.11. The van der Waals surface area contributed by atoms with Crippen LogP contribution in [0.4, 0.5) is 0 Å². The molecule has 1 atom stereocenters. The molecule has 0 radical (unpaired) electrons. The van der Waals surface area contributed by atoms with E-state index in [0.29, 0.717) is 0 Å². The predicted molar refractivity (Wildman–Crippen MR) is 94.8 cm³/mol. The Balaban J connectivity index is 2.12. The van der Waals surface area contributed by atoms with E-state index in [-0.39, 0.29) is 11.2 Å². The van der Waals surface area contributed by atoms with Gasteiger partial charge in [-0.25, -0.2) is 0 Å². The summed E-state index contributed by atoms with van der Waals surface area (Å²) in [5, 5.41) is 0.221. The molecule has 0 aromatic heterocycles. The number of hydrogen-bond acceptors (Lipinski definition) is 3. The first kappa shape index (κ1) is 16.8. The molecule has 0 amide bonds. The Bertz CT molecular complexity index is 567. The quantitative estimate of drug-likeness (QED) is 0.749. The topological polar surface area (TPSA) is 20.3 Å². The van der Waals surface area contributed by atoms with E-state index in [0.717, 1.165) is 24.4 Å². The van der Waals surface area contributed by atoms with Crippen LogP contribution in [-0.4, -0.2) is 23.1 Å². The molecule has 0 aliphatic rings. The van der Waals surface area contributed by atoms with Crippen LogP contribution >= 0.6 is 11.8 Å². The van der Waals surface area contributed by atoms with Crippen LogP contribution in [0.25, 0.3) is 0 Å². The van der Waals surface area contributed by atoms with Crippen LogP contribution in [0, 0.1) is 0 Å². The van der Waals surface area contributed by atoms with Gasteiger partial charge < -0.3 is 0 Å². The van der Waals surface area contributed by atoms with E-state index >= 15 is 0 Å². The van der Waals surface area contributed by atoms with Gasteiger partial charge in [-0.05, 0) is 24.2 Å². The average Bonchev–Trinajstić information content (AvgIpc) is 2.59. The molecule has 1 unspecified atom stereocenters. The van der Waals surface area contributed by atoms with Crippen LogP contribution in [0.1, 0.15) is 31.0 Å². The molecule has 0 spiro atoms. The molecular weight excluding hydrogens is 290 g/mol. The fourth-order valence-electron chi connectivity index (χ4n) is 2.53. The summed E-state index contributed by atoms with van der Waals surface area (Å²) in [6.45, 7) is 5.95. The highest BCUT2D eigenvalue weighted by molar-refractivity contribution is 8.13. The molecule has 0 heterocycles. The Morgan fingerprint density at radius 3 is 2.05 bits per heavy atom. The molecule has 2 aromatic carbocycles. The van der Waals surface area contributed by atoms with Gasteiger partial charge in [0.25, 0.3) is 0 Å². The summed E-state index contributed by atoms with van der Waals surface area (Å²) in [7, 11) is 0. The first-order valence-corrected chi connectivity index (χ1v) is 8.74. The molecular formula is C19H23NOS. The zero-order chi connectivity index (χ0) is 15.8. The molecule has 2 nitrogen and oxygen atoms in total. The minimum Gasteiger partial charge on any atom is -0.290 e. The molecule has 0 saturated carbocycles. The minimum atomic E-state index is -0.162. The van der Waals surface area contributed by atoms with Crippen molar-refractivity contribution in [3.63, 3.8) is 0 Å². The van der Waals surface area contributed by atoms with Crippen molar-refractivity contribution in [2.45, 2.75) is 25.6 Å². The number of benzene rings is 2. The summed E-state index contributed by atoms with van der Waals surface area (Å²) in [4.78, 5) is 15.0. The highest BCUT2D eigenvalue weighted by Crippen LogP contribution is 2.28. The number of hydrogen-bond donors (Lipinski definition) is 0. The van der Waals surface area contributed by atoms with E-state index in [1.165, 1.54) is 17.3 Å². The lowest BCUT2D eigenvalue weighted by molar-refractivity contribution is -0.115. The number of rotatable bonds is 7. The van der Waals surface area contributed by atoms with Crippen molar-refractivity contribution in [2.75, 3.05) is 13.1 Å². The summed E-state index contributed by atoms with van der Waals surface area (Å²) in [6, 6.07) is 20.1. The van der Waals surface area contributed by atoms with Gasteiger partial charge in [0, 0.05) is 5.75 Å². The standard InChI is InChI=1S/C19H23NOS/c1-3-20(4-2)18(17-13-9-6-10-14-17)19(21)22-15-16-11-7-5-8-12-16/h5-14,18H,3-4,15H2,1-2H3. The number of carbonyl (C=O) groups is 1. The van der Waals surface area contributed by atoms with Crippen LogP contribution in [0.5, 0.6) is 0 Å². The third kappa shape index (κ3) is 4.46. The van der Waals surface area contributed by atoms with Gasteiger partial charge in [0.2, 0.25) is 5.12 Å². The van der Waals surface area contributed by atoms with Gasteiger partial charge in [-0.15, -0.1) is 0 Å². The molecule has 0 bridgehead atoms. The third-order valence-corrected chi connectivity index (χ3v) is 4.73. The van der Waals surface area contributed by atoms with Crippen molar-refractivity contribution in [3.8, 4) is 0 Å². The first-order chi connectivity index (χ1) is 10.8. The minimum absolute atomic E-state index is 0.162. The zero-order valence-corrected chi connectivity index (χ0v) is 14.1. The average molecular weight is 313 g/mol. The van der Waals surface area contributed by atoms with Gasteiger partial charge in [0.05, 0.1) is 0 Å². The first-order valence-electron chi connectivity index (χ1n) is 7.75. The Labute approximate surface area is 137 Å². The third-order valence-electron chi connectivity index (χ3n) is 3.74. The summed E-state index contributed by atoms with van der Waals surface area (Å²) < 4.78 is 0. The van der Waals surface area contributed by atoms with Gasteiger partial charge >= 0.3 is 0 Å². The normalized spacial score (nSPS) is 12.3. The number of nitrogens with zero attached hydrogens (tertiary/aromatic N) is 1. The maximum atomic E-state index is 12.8. The molecule has 2 aromatic rings. The molecule has 116 valence electrons. The second kappa shape index (κ2) is 8.76. The van der Waals surface area contributed by atoms with Crippen LogP contribution < -0.4 is 0 Å². The summed E-state index contributed by atoms with van der Waals surface area (Å²) in [6.07, 6.45) is 0. The molecule has 0 aliphatic heterocycles. The van der Waals surface area contributed by atoms with Crippen molar-refractivity contribution in [1.29, 1.82) is 0 Å². The predicted octanol–water partition coefficient (Wildman–Crippen LogP) is 4.53. The molecule has 0 fully saturated rings. The van der Waals surface area contributed by atoms with Crippen molar-refractivity contribution in [1.82, 2.24) is 4.90 Å². The van der Waals surface area contributed by atoms with E-state index < -0.39 is 0 Å². The Morgan fingerprint density at radius 2 is 1.50 bits per heavy atom. The monoisotopic (exact) mass is 313 g/mol. The van der Waals surface area contributed by atoms with Gasteiger partial charge in [-0.2, -0.15) is 0 Å². The zero-order valence-electron chi connectivity index (χ0n) is 13.2. The van der Waals surface area contributed by atoms with Gasteiger partial charge in [-0.3, -0.25) is 9.69 Å². The summed E-state index contributed by atoms with van der Waals surface area (Å²) in [5.74, 6) is 0.726. The van der Waals surface area contributed by atoms with E-state index in [9.17, 15) is 4.79 Å².